The molecular formula is C20H32O4. The van der Waals surface area contributed by atoms with Crippen molar-refractivity contribution in [3.63, 3.8) is 0 Å². The smallest absolute Gasteiger partial charge is 0.313 e. The summed E-state index contributed by atoms with van der Waals surface area (Å²) in [5.74, 6) is 1.40. The molecular weight excluding hydrogens is 304 g/mol. The van der Waals surface area contributed by atoms with Gasteiger partial charge in [-0.2, -0.15) is 0 Å². The van der Waals surface area contributed by atoms with E-state index in [2.05, 4.69) is 20.8 Å². The Kier molecular flexibility index (Phi) is 4.69. The van der Waals surface area contributed by atoms with Gasteiger partial charge in [-0.3, -0.25) is 9.59 Å². The molecule has 0 amide bonds. The molecule has 0 radical (unpaired) electrons. The highest BCUT2D eigenvalue weighted by atomic mass is 16.6. The first kappa shape index (κ1) is 17.8. The molecule has 6 unspecified atom stereocenters. The summed E-state index contributed by atoms with van der Waals surface area (Å²) < 4.78 is 11.2. The fraction of sp³-hybridized carbons (Fsp3) is 0.900. The zero-order valence-electron chi connectivity index (χ0n) is 15.6. The van der Waals surface area contributed by atoms with Gasteiger partial charge < -0.3 is 9.47 Å². The van der Waals surface area contributed by atoms with Gasteiger partial charge in [0.1, 0.15) is 5.60 Å². The lowest BCUT2D eigenvalue weighted by molar-refractivity contribution is -0.184. The maximum Gasteiger partial charge on any atom is 0.313 e. The number of carbonyl (C=O) groups excluding carboxylic acids is 2. The van der Waals surface area contributed by atoms with E-state index in [9.17, 15) is 9.59 Å². The topological polar surface area (TPSA) is 52.6 Å². The van der Waals surface area contributed by atoms with Crippen LogP contribution < -0.4 is 0 Å². The molecule has 136 valence electrons. The predicted molar refractivity (Wildman–Crippen MR) is 91.2 cm³/mol. The monoisotopic (exact) mass is 336 g/mol. The van der Waals surface area contributed by atoms with Gasteiger partial charge in [-0.05, 0) is 68.6 Å². The normalized spacial score (nSPS) is 43.8. The number of methoxy groups -OCH3 is 1. The SMILES string of the molecule is CCC1(OC(=O)C2(CC(=O)OC)CC(C)CC2C)CC2CCC1C2. The van der Waals surface area contributed by atoms with E-state index >= 15 is 0 Å². The number of carbonyl (C=O) groups is 2. The Morgan fingerprint density at radius 3 is 2.33 bits per heavy atom. The van der Waals surface area contributed by atoms with Gasteiger partial charge in [0.05, 0.1) is 18.9 Å². The van der Waals surface area contributed by atoms with E-state index in [4.69, 9.17) is 9.47 Å². The lowest BCUT2D eigenvalue weighted by Gasteiger charge is -2.40. The highest BCUT2D eigenvalue weighted by Crippen LogP contribution is 2.56. The maximum absolute atomic E-state index is 13.3. The van der Waals surface area contributed by atoms with E-state index in [-0.39, 0.29) is 29.9 Å². The van der Waals surface area contributed by atoms with E-state index in [1.807, 2.05) is 0 Å². The number of rotatable bonds is 5. The van der Waals surface area contributed by atoms with Crippen LogP contribution in [0.5, 0.6) is 0 Å². The molecule has 4 heteroatoms. The van der Waals surface area contributed by atoms with Gasteiger partial charge in [0.25, 0.3) is 0 Å². The summed E-state index contributed by atoms with van der Waals surface area (Å²) in [4.78, 5) is 25.4. The molecule has 0 spiro atoms. The Hall–Kier alpha value is -1.06. The van der Waals surface area contributed by atoms with Crippen molar-refractivity contribution < 1.29 is 19.1 Å². The Labute approximate surface area is 145 Å². The highest BCUT2D eigenvalue weighted by Gasteiger charge is 2.57. The fourth-order valence-corrected chi connectivity index (χ4v) is 5.98. The maximum atomic E-state index is 13.3. The molecule has 0 saturated heterocycles. The van der Waals surface area contributed by atoms with Gasteiger partial charge in [0.15, 0.2) is 0 Å². The van der Waals surface area contributed by atoms with Crippen LogP contribution in [0.2, 0.25) is 0 Å². The molecule has 24 heavy (non-hydrogen) atoms. The predicted octanol–water partition coefficient (Wildman–Crippen LogP) is 4.11. The summed E-state index contributed by atoms with van der Waals surface area (Å²) in [7, 11) is 1.40. The first-order chi connectivity index (χ1) is 11.3. The molecule has 3 fully saturated rings. The van der Waals surface area contributed by atoms with Gasteiger partial charge >= 0.3 is 11.9 Å². The van der Waals surface area contributed by atoms with E-state index in [1.165, 1.54) is 26.4 Å². The van der Waals surface area contributed by atoms with Gasteiger partial charge in [0.2, 0.25) is 0 Å². The van der Waals surface area contributed by atoms with Crippen LogP contribution in [0.15, 0.2) is 0 Å². The van der Waals surface area contributed by atoms with E-state index in [0.29, 0.717) is 11.8 Å². The lowest BCUT2D eigenvalue weighted by atomic mass is 9.75. The highest BCUT2D eigenvalue weighted by molar-refractivity contribution is 5.84. The summed E-state index contributed by atoms with van der Waals surface area (Å²) in [6.45, 7) is 6.39. The number of hydrogen-bond acceptors (Lipinski definition) is 4. The third kappa shape index (κ3) is 2.76. The minimum absolute atomic E-state index is 0.140. The molecule has 3 aliphatic carbocycles. The molecule has 0 aliphatic heterocycles. The second-order valence-corrected chi connectivity index (χ2v) is 8.74. The molecule has 3 rings (SSSR count). The van der Waals surface area contributed by atoms with Crippen LogP contribution in [0.4, 0.5) is 0 Å². The van der Waals surface area contributed by atoms with E-state index < -0.39 is 5.41 Å². The van der Waals surface area contributed by atoms with Crippen molar-refractivity contribution in [2.45, 2.75) is 77.7 Å². The Morgan fingerprint density at radius 2 is 1.88 bits per heavy atom. The van der Waals surface area contributed by atoms with Crippen LogP contribution in [0.1, 0.15) is 72.1 Å². The summed E-state index contributed by atoms with van der Waals surface area (Å²) >= 11 is 0. The first-order valence-electron chi connectivity index (χ1n) is 9.65. The van der Waals surface area contributed by atoms with Crippen LogP contribution >= 0.6 is 0 Å². The number of fused-ring (bicyclic) bond motifs is 2. The average Bonchev–Trinajstić information content (AvgIpc) is 3.21. The van der Waals surface area contributed by atoms with Crippen molar-refractivity contribution in [2.24, 2.45) is 29.1 Å². The van der Waals surface area contributed by atoms with Crippen molar-refractivity contribution in [1.29, 1.82) is 0 Å². The summed E-state index contributed by atoms with van der Waals surface area (Å²) in [6, 6.07) is 0. The Balaban J connectivity index is 1.83. The summed E-state index contributed by atoms with van der Waals surface area (Å²) in [5.41, 5.74) is -0.981. The third-order valence-corrected chi connectivity index (χ3v) is 7.32. The lowest BCUT2D eigenvalue weighted by Crippen LogP contribution is -2.46. The van der Waals surface area contributed by atoms with Crippen molar-refractivity contribution >= 4 is 11.9 Å². The molecule has 0 heterocycles. The van der Waals surface area contributed by atoms with Crippen molar-refractivity contribution in [3.8, 4) is 0 Å². The number of ether oxygens (including phenoxy) is 2. The van der Waals surface area contributed by atoms with Crippen LogP contribution in [0.3, 0.4) is 0 Å². The second kappa shape index (κ2) is 6.34. The molecule has 0 aromatic heterocycles. The number of hydrogen-bond donors (Lipinski definition) is 0. The zero-order valence-corrected chi connectivity index (χ0v) is 15.6. The van der Waals surface area contributed by atoms with Gasteiger partial charge in [-0.15, -0.1) is 0 Å². The minimum Gasteiger partial charge on any atom is -0.469 e. The number of esters is 2. The van der Waals surface area contributed by atoms with Crippen LogP contribution in [0, 0.1) is 29.1 Å². The average molecular weight is 336 g/mol. The standard InChI is InChI=1S/C20H32O4/c1-5-20(11-15-6-7-16(20)9-15)24-18(22)19(12-17(21)23-4)10-13(2)8-14(19)3/h13-16H,5-12H2,1-4H3. The summed E-state index contributed by atoms with van der Waals surface area (Å²) in [5, 5.41) is 0. The molecule has 3 aliphatic rings. The molecule has 0 aromatic carbocycles. The first-order valence-corrected chi connectivity index (χ1v) is 9.65. The third-order valence-electron chi connectivity index (χ3n) is 7.32. The molecule has 6 atom stereocenters. The van der Waals surface area contributed by atoms with Crippen molar-refractivity contribution in [3.05, 3.63) is 0 Å². The second-order valence-electron chi connectivity index (χ2n) is 8.74. The molecule has 0 aromatic rings. The van der Waals surface area contributed by atoms with Gasteiger partial charge in [-0.1, -0.05) is 20.8 Å². The van der Waals surface area contributed by atoms with Crippen LogP contribution in [0.25, 0.3) is 0 Å². The molecule has 4 nitrogen and oxygen atoms in total. The minimum atomic E-state index is -0.698. The zero-order chi connectivity index (χ0) is 17.5. The van der Waals surface area contributed by atoms with E-state index in [1.54, 1.807) is 0 Å². The summed E-state index contributed by atoms with van der Waals surface area (Å²) in [6.07, 6.45) is 7.43. The van der Waals surface area contributed by atoms with Crippen LogP contribution in [-0.2, 0) is 19.1 Å². The fourth-order valence-electron chi connectivity index (χ4n) is 5.98. The largest absolute Gasteiger partial charge is 0.469 e. The molecule has 3 saturated carbocycles. The van der Waals surface area contributed by atoms with Crippen molar-refractivity contribution in [2.75, 3.05) is 7.11 Å². The van der Waals surface area contributed by atoms with Gasteiger partial charge in [-0.25, -0.2) is 0 Å². The van der Waals surface area contributed by atoms with Crippen LogP contribution in [-0.4, -0.2) is 24.6 Å². The molecule has 0 N–H and O–H groups in total. The van der Waals surface area contributed by atoms with Gasteiger partial charge in [0, 0.05) is 0 Å². The van der Waals surface area contributed by atoms with Crippen molar-refractivity contribution in [1.82, 2.24) is 0 Å². The Bertz CT molecular complexity index is 516. The molecule has 2 bridgehead atoms. The van der Waals surface area contributed by atoms with E-state index in [0.717, 1.165) is 31.6 Å². The quantitative estimate of drug-likeness (QED) is 0.709. The Morgan fingerprint density at radius 1 is 1.12 bits per heavy atom.